The van der Waals surface area contributed by atoms with Crippen molar-refractivity contribution >= 4 is 17.9 Å². The lowest BCUT2D eigenvalue weighted by Crippen LogP contribution is -2.30. The van der Waals surface area contributed by atoms with Gasteiger partial charge in [-0.15, -0.1) is 0 Å². The van der Waals surface area contributed by atoms with Crippen molar-refractivity contribution in [3.05, 3.63) is 60.8 Å². The van der Waals surface area contributed by atoms with Crippen LogP contribution >= 0.6 is 0 Å². The normalized spacial score (nSPS) is 12.4. The Morgan fingerprint density at radius 2 is 0.542 bits per heavy atom. The maximum atomic E-state index is 12.8. The zero-order valence-electron chi connectivity index (χ0n) is 47.9. The maximum Gasteiger partial charge on any atom is 0.306 e. The third-order valence-electron chi connectivity index (χ3n) is 13.8. The molecule has 0 rings (SSSR count). The molecule has 1 atom stereocenters. The minimum absolute atomic E-state index is 0.0929. The molecule has 0 amide bonds. The fourth-order valence-corrected chi connectivity index (χ4v) is 9.13. The van der Waals surface area contributed by atoms with Crippen molar-refractivity contribution in [2.45, 2.75) is 329 Å². The van der Waals surface area contributed by atoms with E-state index in [9.17, 15) is 14.4 Å². The maximum absolute atomic E-state index is 12.8. The van der Waals surface area contributed by atoms with Gasteiger partial charge in [-0.05, 0) is 57.8 Å². The molecule has 0 aromatic carbocycles. The van der Waals surface area contributed by atoms with E-state index in [2.05, 4.69) is 81.5 Å². The highest BCUT2D eigenvalue weighted by Crippen LogP contribution is 2.17. The van der Waals surface area contributed by atoms with Crippen LogP contribution in [0.15, 0.2) is 60.8 Å². The van der Waals surface area contributed by atoms with E-state index in [4.69, 9.17) is 14.2 Å². The van der Waals surface area contributed by atoms with Gasteiger partial charge in [0.25, 0.3) is 0 Å². The molecular weight excluding hydrogens is 889 g/mol. The molecule has 0 saturated heterocycles. The first kappa shape index (κ1) is 69.1. The van der Waals surface area contributed by atoms with E-state index in [0.717, 1.165) is 77.0 Å². The molecule has 0 spiro atoms. The average molecular weight is 1010 g/mol. The van der Waals surface area contributed by atoms with Gasteiger partial charge in [0.2, 0.25) is 0 Å². The van der Waals surface area contributed by atoms with Crippen LogP contribution in [0.5, 0.6) is 0 Å². The van der Waals surface area contributed by atoms with Crippen LogP contribution in [-0.2, 0) is 28.6 Å². The van der Waals surface area contributed by atoms with Crippen LogP contribution in [-0.4, -0.2) is 37.2 Å². The van der Waals surface area contributed by atoms with Crippen LogP contribution in [0, 0.1) is 0 Å². The second-order valence-electron chi connectivity index (χ2n) is 21.0. The van der Waals surface area contributed by atoms with Gasteiger partial charge in [-0.2, -0.15) is 0 Å². The number of esters is 3. The largest absolute Gasteiger partial charge is 0.462 e. The number of hydrogen-bond donors (Lipinski definition) is 0. The number of allylic oxidation sites excluding steroid dienone is 10. The Hall–Kier alpha value is -2.89. The SMILES string of the molecule is CC/C=C\C/C=C\C/C=C\C/C=C\C/C=C\CCCC(=O)OC(COC(=O)CCCCCCCCCCCC)COC(=O)CCCCCCCCCCCCCCCCCCCCCCCCCCCCC. The van der Waals surface area contributed by atoms with E-state index >= 15 is 0 Å². The molecule has 0 aromatic heterocycles. The Bertz CT molecular complexity index is 1290. The van der Waals surface area contributed by atoms with Crippen molar-refractivity contribution in [3.8, 4) is 0 Å². The smallest absolute Gasteiger partial charge is 0.306 e. The number of carbonyl (C=O) groups is 3. The minimum Gasteiger partial charge on any atom is -0.462 e. The van der Waals surface area contributed by atoms with Gasteiger partial charge >= 0.3 is 17.9 Å². The van der Waals surface area contributed by atoms with Crippen molar-refractivity contribution in [3.63, 3.8) is 0 Å². The second-order valence-corrected chi connectivity index (χ2v) is 21.0. The first-order chi connectivity index (χ1) is 35.5. The molecule has 72 heavy (non-hydrogen) atoms. The molecule has 0 N–H and O–H groups in total. The summed E-state index contributed by atoms with van der Waals surface area (Å²) in [5, 5.41) is 0. The molecule has 6 nitrogen and oxygen atoms in total. The molecule has 0 saturated carbocycles. The third-order valence-corrected chi connectivity index (χ3v) is 13.8. The third kappa shape index (κ3) is 58.0. The summed E-state index contributed by atoms with van der Waals surface area (Å²) in [6.45, 7) is 6.51. The molecular formula is C66H118O6. The summed E-state index contributed by atoms with van der Waals surface area (Å²) < 4.78 is 16.8. The first-order valence-electron chi connectivity index (χ1n) is 31.3. The van der Waals surface area contributed by atoms with Gasteiger partial charge in [0.15, 0.2) is 6.10 Å². The highest BCUT2D eigenvalue weighted by atomic mass is 16.6. The number of carbonyl (C=O) groups excluding carboxylic acids is 3. The van der Waals surface area contributed by atoms with E-state index in [1.165, 1.54) is 199 Å². The van der Waals surface area contributed by atoms with Gasteiger partial charge in [0, 0.05) is 19.3 Å². The fraction of sp³-hybridized carbons (Fsp3) is 0.803. The van der Waals surface area contributed by atoms with Crippen molar-refractivity contribution in [2.75, 3.05) is 13.2 Å². The van der Waals surface area contributed by atoms with E-state index in [0.29, 0.717) is 19.3 Å². The molecule has 418 valence electrons. The summed E-state index contributed by atoms with van der Waals surface area (Å²) in [7, 11) is 0. The minimum atomic E-state index is -0.800. The summed E-state index contributed by atoms with van der Waals surface area (Å²) in [4.78, 5) is 38.1. The standard InChI is InChI=1S/C66H118O6/c1-4-7-10-13-16-19-22-24-26-28-29-30-31-32-33-34-35-36-37-39-40-42-44-47-50-53-56-59-65(68)71-62-63(61-70-64(67)58-55-52-49-46-21-18-15-12-9-6-3)72-66(69)60-57-54-51-48-45-43-41-38-27-25-23-20-17-14-11-8-5-2/h8,11,17,20,25,27,41,43,48,51,63H,4-7,9-10,12-16,18-19,21-24,26,28-40,42,44-47,49-50,52-62H2,1-3H3/b11-8-,20-17-,27-25-,43-41-,51-48-. The predicted octanol–water partition coefficient (Wildman–Crippen LogP) is 21.2. The Morgan fingerprint density at radius 1 is 0.292 bits per heavy atom. The molecule has 0 aliphatic heterocycles. The quantitative estimate of drug-likeness (QED) is 0.0261. The topological polar surface area (TPSA) is 78.9 Å². The Kier molecular flexibility index (Phi) is 58.2. The summed E-state index contributed by atoms with van der Waals surface area (Å²) in [6.07, 6.45) is 76.8. The molecule has 0 bridgehead atoms. The second kappa shape index (κ2) is 60.7. The molecule has 6 heteroatoms. The van der Waals surface area contributed by atoms with Gasteiger partial charge < -0.3 is 14.2 Å². The van der Waals surface area contributed by atoms with Gasteiger partial charge in [-0.25, -0.2) is 0 Å². The van der Waals surface area contributed by atoms with Crippen LogP contribution in [0.25, 0.3) is 0 Å². The number of rotatable bonds is 57. The number of hydrogen-bond acceptors (Lipinski definition) is 6. The predicted molar refractivity (Wildman–Crippen MR) is 312 cm³/mol. The Balaban J connectivity index is 4.21. The van der Waals surface area contributed by atoms with Gasteiger partial charge in [-0.1, -0.05) is 306 Å². The van der Waals surface area contributed by atoms with Crippen molar-refractivity contribution in [1.29, 1.82) is 0 Å². The molecule has 0 radical (unpaired) electrons. The zero-order valence-corrected chi connectivity index (χ0v) is 47.9. The Labute approximate surface area is 447 Å². The lowest BCUT2D eigenvalue weighted by atomic mass is 10.0. The van der Waals surface area contributed by atoms with E-state index in [-0.39, 0.29) is 37.5 Å². The van der Waals surface area contributed by atoms with E-state index in [1.807, 2.05) is 0 Å². The lowest BCUT2D eigenvalue weighted by Gasteiger charge is -2.18. The average Bonchev–Trinajstić information content (AvgIpc) is 3.38. The Morgan fingerprint density at radius 3 is 0.833 bits per heavy atom. The molecule has 0 aliphatic carbocycles. The van der Waals surface area contributed by atoms with Gasteiger partial charge in [-0.3, -0.25) is 14.4 Å². The number of unbranched alkanes of at least 4 members (excludes halogenated alkanes) is 36. The van der Waals surface area contributed by atoms with Gasteiger partial charge in [0.05, 0.1) is 0 Å². The van der Waals surface area contributed by atoms with E-state index in [1.54, 1.807) is 0 Å². The van der Waals surface area contributed by atoms with Crippen molar-refractivity contribution in [2.24, 2.45) is 0 Å². The molecule has 0 aliphatic rings. The summed E-state index contributed by atoms with van der Waals surface area (Å²) in [6, 6.07) is 0. The molecule has 0 heterocycles. The summed E-state index contributed by atoms with van der Waals surface area (Å²) in [5.74, 6) is -0.938. The number of ether oxygens (including phenoxy) is 3. The highest BCUT2D eigenvalue weighted by Gasteiger charge is 2.19. The van der Waals surface area contributed by atoms with Gasteiger partial charge in [0.1, 0.15) is 13.2 Å². The van der Waals surface area contributed by atoms with E-state index < -0.39 is 6.10 Å². The first-order valence-corrected chi connectivity index (χ1v) is 31.3. The summed E-state index contributed by atoms with van der Waals surface area (Å²) in [5.41, 5.74) is 0. The zero-order chi connectivity index (χ0) is 52.2. The van der Waals surface area contributed by atoms with Crippen LogP contribution in [0.4, 0.5) is 0 Å². The molecule has 0 aromatic rings. The molecule has 1 unspecified atom stereocenters. The van der Waals surface area contributed by atoms with Crippen LogP contribution in [0.3, 0.4) is 0 Å². The molecule has 0 fully saturated rings. The lowest BCUT2D eigenvalue weighted by molar-refractivity contribution is -0.167. The van der Waals surface area contributed by atoms with Crippen molar-refractivity contribution in [1.82, 2.24) is 0 Å². The summed E-state index contributed by atoms with van der Waals surface area (Å²) >= 11 is 0. The fourth-order valence-electron chi connectivity index (χ4n) is 9.13. The van der Waals surface area contributed by atoms with Crippen LogP contribution < -0.4 is 0 Å². The van der Waals surface area contributed by atoms with Crippen LogP contribution in [0.2, 0.25) is 0 Å². The van der Waals surface area contributed by atoms with Crippen LogP contribution in [0.1, 0.15) is 323 Å². The monoisotopic (exact) mass is 1010 g/mol. The highest BCUT2D eigenvalue weighted by molar-refractivity contribution is 5.71. The van der Waals surface area contributed by atoms with Crippen molar-refractivity contribution < 1.29 is 28.6 Å².